The fourth-order valence-corrected chi connectivity index (χ4v) is 2.75. The standard InChI is InChI=1S/C15H22N2O/c1-17(14-4-5-14)10-15(18)12-3-2-11-6-7-16-9-13(11)8-12/h2-3,8,14-16,18H,4-7,9-10H2,1H3. The van der Waals surface area contributed by atoms with E-state index in [2.05, 4.69) is 35.5 Å². The summed E-state index contributed by atoms with van der Waals surface area (Å²) in [6.45, 7) is 2.75. The maximum atomic E-state index is 10.3. The molecule has 0 saturated heterocycles. The van der Waals surface area contributed by atoms with E-state index in [1.807, 2.05) is 0 Å². The largest absolute Gasteiger partial charge is 0.387 e. The lowest BCUT2D eigenvalue weighted by Crippen LogP contribution is -2.27. The van der Waals surface area contributed by atoms with Crippen LogP contribution in [0.25, 0.3) is 0 Å². The molecular weight excluding hydrogens is 224 g/mol. The summed E-state index contributed by atoms with van der Waals surface area (Å²) in [7, 11) is 2.11. The second-order valence-corrected chi connectivity index (χ2v) is 5.64. The van der Waals surface area contributed by atoms with Crippen LogP contribution >= 0.6 is 0 Å². The summed E-state index contributed by atoms with van der Waals surface area (Å²) in [5, 5.41) is 13.7. The van der Waals surface area contributed by atoms with Gasteiger partial charge in [-0.15, -0.1) is 0 Å². The summed E-state index contributed by atoms with van der Waals surface area (Å²) in [5.74, 6) is 0. The summed E-state index contributed by atoms with van der Waals surface area (Å²) < 4.78 is 0. The average Bonchev–Trinajstić information content (AvgIpc) is 3.22. The summed E-state index contributed by atoms with van der Waals surface area (Å²) in [5.41, 5.74) is 3.84. The zero-order chi connectivity index (χ0) is 12.5. The quantitative estimate of drug-likeness (QED) is 0.844. The molecule has 0 aromatic heterocycles. The molecule has 1 unspecified atom stereocenters. The smallest absolute Gasteiger partial charge is 0.0917 e. The van der Waals surface area contributed by atoms with E-state index in [0.29, 0.717) is 6.04 Å². The molecule has 3 nitrogen and oxygen atoms in total. The highest BCUT2D eigenvalue weighted by Crippen LogP contribution is 2.28. The van der Waals surface area contributed by atoms with E-state index < -0.39 is 0 Å². The van der Waals surface area contributed by atoms with E-state index in [1.165, 1.54) is 24.0 Å². The van der Waals surface area contributed by atoms with Gasteiger partial charge in [-0.2, -0.15) is 0 Å². The lowest BCUT2D eigenvalue weighted by Gasteiger charge is -2.23. The van der Waals surface area contributed by atoms with Gasteiger partial charge in [0.25, 0.3) is 0 Å². The molecule has 1 aromatic carbocycles. The minimum Gasteiger partial charge on any atom is -0.387 e. The molecule has 1 saturated carbocycles. The van der Waals surface area contributed by atoms with Gasteiger partial charge in [0, 0.05) is 19.1 Å². The lowest BCUT2D eigenvalue weighted by atomic mass is 9.96. The summed E-state index contributed by atoms with van der Waals surface area (Å²) in [6, 6.07) is 7.16. The van der Waals surface area contributed by atoms with E-state index >= 15 is 0 Å². The van der Waals surface area contributed by atoms with Crippen LogP contribution in [0.5, 0.6) is 0 Å². The van der Waals surface area contributed by atoms with Crippen LogP contribution in [0.2, 0.25) is 0 Å². The van der Waals surface area contributed by atoms with Crippen molar-refractivity contribution in [2.24, 2.45) is 0 Å². The van der Waals surface area contributed by atoms with Gasteiger partial charge in [0.2, 0.25) is 0 Å². The molecule has 1 heterocycles. The van der Waals surface area contributed by atoms with Crippen LogP contribution in [0.15, 0.2) is 18.2 Å². The second kappa shape index (κ2) is 5.00. The Balaban J connectivity index is 1.70. The van der Waals surface area contributed by atoms with Crippen LogP contribution in [0.4, 0.5) is 0 Å². The molecule has 0 bridgehead atoms. The summed E-state index contributed by atoms with van der Waals surface area (Å²) in [6.07, 6.45) is 3.32. The number of aliphatic hydroxyl groups is 1. The first-order chi connectivity index (χ1) is 8.74. The Morgan fingerprint density at radius 1 is 1.39 bits per heavy atom. The van der Waals surface area contributed by atoms with Gasteiger partial charge in [0.05, 0.1) is 6.10 Å². The van der Waals surface area contributed by atoms with Crippen molar-refractivity contribution in [3.8, 4) is 0 Å². The molecule has 1 aliphatic carbocycles. The van der Waals surface area contributed by atoms with Gasteiger partial charge in [-0.05, 0) is 49.5 Å². The number of hydrogen-bond donors (Lipinski definition) is 2. The van der Waals surface area contributed by atoms with Crippen LogP contribution in [0, 0.1) is 0 Å². The normalized spacial score (nSPS) is 20.8. The van der Waals surface area contributed by atoms with Gasteiger partial charge in [0.15, 0.2) is 0 Å². The van der Waals surface area contributed by atoms with Gasteiger partial charge in [-0.3, -0.25) is 0 Å². The zero-order valence-electron chi connectivity index (χ0n) is 11.0. The van der Waals surface area contributed by atoms with E-state index in [4.69, 9.17) is 0 Å². The topological polar surface area (TPSA) is 35.5 Å². The fraction of sp³-hybridized carbons (Fsp3) is 0.600. The van der Waals surface area contributed by atoms with E-state index in [9.17, 15) is 5.11 Å². The van der Waals surface area contributed by atoms with Crippen LogP contribution in [0.3, 0.4) is 0 Å². The van der Waals surface area contributed by atoms with Crippen molar-refractivity contribution in [1.29, 1.82) is 0 Å². The molecular formula is C15H22N2O. The number of aliphatic hydroxyl groups excluding tert-OH is 1. The molecule has 2 N–H and O–H groups in total. The van der Waals surface area contributed by atoms with Crippen LogP contribution in [0.1, 0.15) is 35.6 Å². The number of fused-ring (bicyclic) bond motifs is 1. The Hall–Kier alpha value is -0.900. The Labute approximate surface area is 109 Å². The molecule has 3 rings (SSSR count). The van der Waals surface area contributed by atoms with Crippen molar-refractivity contribution < 1.29 is 5.11 Å². The predicted molar refractivity (Wildman–Crippen MR) is 72.5 cm³/mol. The number of benzene rings is 1. The summed E-state index contributed by atoms with van der Waals surface area (Å²) in [4.78, 5) is 2.28. The molecule has 3 heteroatoms. The molecule has 1 atom stereocenters. The second-order valence-electron chi connectivity index (χ2n) is 5.64. The maximum absolute atomic E-state index is 10.3. The molecule has 18 heavy (non-hydrogen) atoms. The van der Waals surface area contributed by atoms with Crippen molar-refractivity contribution in [3.05, 3.63) is 34.9 Å². The molecule has 1 aliphatic heterocycles. The number of nitrogens with zero attached hydrogens (tertiary/aromatic N) is 1. The third-order valence-electron chi connectivity index (χ3n) is 4.13. The number of rotatable bonds is 4. The highest BCUT2D eigenvalue weighted by Gasteiger charge is 2.27. The van der Waals surface area contributed by atoms with Gasteiger partial charge < -0.3 is 15.3 Å². The molecule has 1 aromatic rings. The minimum absolute atomic E-state index is 0.358. The highest BCUT2D eigenvalue weighted by atomic mass is 16.3. The van der Waals surface area contributed by atoms with E-state index in [1.54, 1.807) is 0 Å². The van der Waals surface area contributed by atoms with Crippen molar-refractivity contribution in [1.82, 2.24) is 10.2 Å². The highest BCUT2D eigenvalue weighted by molar-refractivity contribution is 5.34. The molecule has 1 fully saturated rings. The molecule has 98 valence electrons. The first-order valence-corrected chi connectivity index (χ1v) is 6.95. The zero-order valence-corrected chi connectivity index (χ0v) is 11.0. The SMILES string of the molecule is CN(CC(O)c1ccc2c(c1)CNCC2)C1CC1. The van der Waals surface area contributed by atoms with Crippen molar-refractivity contribution in [2.45, 2.75) is 38.0 Å². The average molecular weight is 246 g/mol. The Bertz CT molecular complexity index is 429. The molecule has 0 radical (unpaired) electrons. The first-order valence-electron chi connectivity index (χ1n) is 6.95. The maximum Gasteiger partial charge on any atom is 0.0917 e. The van der Waals surface area contributed by atoms with E-state index in [0.717, 1.165) is 31.6 Å². The number of hydrogen-bond acceptors (Lipinski definition) is 3. The Kier molecular flexibility index (Phi) is 3.37. The van der Waals surface area contributed by atoms with E-state index in [-0.39, 0.29) is 6.10 Å². The van der Waals surface area contributed by atoms with Gasteiger partial charge in [-0.1, -0.05) is 18.2 Å². The van der Waals surface area contributed by atoms with Gasteiger partial charge in [0.1, 0.15) is 0 Å². The number of likely N-dealkylation sites (N-methyl/N-ethyl adjacent to an activating group) is 1. The fourth-order valence-electron chi connectivity index (χ4n) is 2.75. The third kappa shape index (κ3) is 2.58. The van der Waals surface area contributed by atoms with Crippen LogP contribution in [-0.2, 0) is 13.0 Å². The van der Waals surface area contributed by atoms with Crippen molar-refractivity contribution >= 4 is 0 Å². The third-order valence-corrected chi connectivity index (χ3v) is 4.13. The number of nitrogens with one attached hydrogen (secondary N) is 1. The molecule has 0 spiro atoms. The van der Waals surface area contributed by atoms with Crippen LogP contribution < -0.4 is 5.32 Å². The van der Waals surface area contributed by atoms with Crippen LogP contribution in [-0.4, -0.2) is 36.2 Å². The first kappa shape index (κ1) is 12.2. The van der Waals surface area contributed by atoms with Gasteiger partial charge in [-0.25, -0.2) is 0 Å². The Morgan fingerprint density at radius 2 is 2.22 bits per heavy atom. The van der Waals surface area contributed by atoms with Crippen molar-refractivity contribution in [3.63, 3.8) is 0 Å². The predicted octanol–water partition coefficient (Wildman–Crippen LogP) is 1.46. The molecule has 2 aliphatic rings. The monoisotopic (exact) mass is 246 g/mol. The Morgan fingerprint density at radius 3 is 3.00 bits per heavy atom. The van der Waals surface area contributed by atoms with Crippen molar-refractivity contribution in [2.75, 3.05) is 20.1 Å². The minimum atomic E-state index is -0.358. The molecule has 0 amide bonds. The summed E-state index contributed by atoms with van der Waals surface area (Å²) >= 11 is 0. The lowest BCUT2D eigenvalue weighted by molar-refractivity contribution is 0.123. The van der Waals surface area contributed by atoms with Gasteiger partial charge >= 0.3 is 0 Å².